The molecular weight excluding hydrogens is 284 g/mol. The summed E-state index contributed by atoms with van der Waals surface area (Å²) >= 11 is 0. The van der Waals surface area contributed by atoms with E-state index in [0.29, 0.717) is 0 Å². The van der Waals surface area contributed by atoms with E-state index in [9.17, 15) is 18.9 Å². The molecule has 0 aliphatic carbocycles. The second kappa shape index (κ2) is 5.84. The summed E-state index contributed by atoms with van der Waals surface area (Å²) in [5.41, 5.74) is -0.285. The first-order valence-electron chi connectivity index (χ1n) is 5.94. The van der Waals surface area contributed by atoms with Crippen molar-refractivity contribution in [3.05, 3.63) is 63.2 Å². The van der Waals surface area contributed by atoms with E-state index >= 15 is 0 Å². The predicted molar refractivity (Wildman–Crippen MR) is 70.2 cm³/mol. The standard InChI is InChI=1S/C14H11F2NO4/c1-8-5-14(11(16)6-12(8)17(19)20)21-13-4-2-3-10(15)9(13)7-18/h2-6,18H,7H2,1H3. The lowest BCUT2D eigenvalue weighted by Crippen LogP contribution is -1.99. The molecule has 7 heteroatoms. The number of ether oxygens (including phenoxy) is 1. The van der Waals surface area contributed by atoms with Gasteiger partial charge in [-0.25, -0.2) is 8.78 Å². The first-order valence-corrected chi connectivity index (χ1v) is 5.94. The van der Waals surface area contributed by atoms with Crippen LogP contribution < -0.4 is 4.74 Å². The van der Waals surface area contributed by atoms with Gasteiger partial charge in [0.2, 0.25) is 0 Å². The molecule has 21 heavy (non-hydrogen) atoms. The largest absolute Gasteiger partial charge is 0.454 e. The predicted octanol–water partition coefficient (Wildman–Crippen LogP) is 3.47. The fourth-order valence-electron chi connectivity index (χ4n) is 1.83. The molecule has 0 heterocycles. The summed E-state index contributed by atoms with van der Waals surface area (Å²) in [5, 5.41) is 19.8. The van der Waals surface area contributed by atoms with Crippen molar-refractivity contribution in [3.63, 3.8) is 0 Å². The van der Waals surface area contributed by atoms with E-state index in [2.05, 4.69) is 0 Å². The SMILES string of the molecule is Cc1cc(Oc2cccc(F)c2CO)c(F)cc1[N+](=O)[O-]. The van der Waals surface area contributed by atoms with Crippen molar-refractivity contribution >= 4 is 5.69 Å². The summed E-state index contributed by atoms with van der Waals surface area (Å²) in [6, 6.07) is 5.74. The highest BCUT2D eigenvalue weighted by molar-refractivity contribution is 5.47. The molecule has 1 N–H and O–H groups in total. The molecule has 0 aliphatic heterocycles. The highest BCUT2D eigenvalue weighted by Crippen LogP contribution is 2.32. The van der Waals surface area contributed by atoms with E-state index in [4.69, 9.17) is 9.84 Å². The number of halogens is 2. The highest BCUT2D eigenvalue weighted by Gasteiger charge is 2.18. The third kappa shape index (κ3) is 2.97. The molecule has 0 fully saturated rings. The Morgan fingerprint density at radius 2 is 1.95 bits per heavy atom. The van der Waals surface area contributed by atoms with Gasteiger partial charge in [-0.05, 0) is 25.1 Å². The van der Waals surface area contributed by atoms with Gasteiger partial charge >= 0.3 is 0 Å². The van der Waals surface area contributed by atoms with Gasteiger partial charge in [0.05, 0.1) is 23.2 Å². The van der Waals surface area contributed by atoms with Crippen molar-refractivity contribution in [1.29, 1.82) is 0 Å². The summed E-state index contributed by atoms with van der Waals surface area (Å²) in [6.45, 7) is 0.818. The van der Waals surface area contributed by atoms with E-state index in [-0.39, 0.29) is 28.3 Å². The molecule has 0 aromatic heterocycles. The Labute approximate surface area is 118 Å². The number of aliphatic hydroxyl groups excluding tert-OH is 1. The smallest absolute Gasteiger partial charge is 0.275 e. The molecule has 0 aliphatic rings. The van der Waals surface area contributed by atoms with Crippen LogP contribution in [0.25, 0.3) is 0 Å². The van der Waals surface area contributed by atoms with Crippen LogP contribution in [0.4, 0.5) is 14.5 Å². The zero-order valence-electron chi connectivity index (χ0n) is 11.0. The van der Waals surface area contributed by atoms with Gasteiger partial charge in [0, 0.05) is 5.56 Å². The van der Waals surface area contributed by atoms with Crippen molar-refractivity contribution in [3.8, 4) is 11.5 Å². The number of nitro groups is 1. The molecule has 0 unspecified atom stereocenters. The van der Waals surface area contributed by atoms with Gasteiger partial charge in [-0.3, -0.25) is 10.1 Å². The van der Waals surface area contributed by atoms with Crippen molar-refractivity contribution in [2.45, 2.75) is 13.5 Å². The van der Waals surface area contributed by atoms with Gasteiger partial charge < -0.3 is 9.84 Å². The Morgan fingerprint density at radius 3 is 2.57 bits per heavy atom. The fourth-order valence-corrected chi connectivity index (χ4v) is 1.83. The third-order valence-electron chi connectivity index (χ3n) is 2.90. The van der Waals surface area contributed by atoms with E-state index in [1.54, 1.807) is 0 Å². The lowest BCUT2D eigenvalue weighted by Gasteiger charge is -2.11. The van der Waals surface area contributed by atoms with Gasteiger partial charge in [0.1, 0.15) is 11.6 Å². The summed E-state index contributed by atoms with van der Waals surface area (Å²) in [7, 11) is 0. The van der Waals surface area contributed by atoms with Crippen LogP contribution in [0.1, 0.15) is 11.1 Å². The summed E-state index contributed by atoms with van der Waals surface area (Å²) < 4.78 is 32.5. The maximum atomic E-state index is 13.8. The number of hydrogen-bond donors (Lipinski definition) is 1. The normalized spacial score (nSPS) is 10.5. The van der Waals surface area contributed by atoms with Crippen molar-refractivity contribution in [2.75, 3.05) is 0 Å². The van der Waals surface area contributed by atoms with Crippen LogP contribution in [-0.2, 0) is 6.61 Å². The minimum atomic E-state index is -0.944. The van der Waals surface area contributed by atoms with Crippen LogP contribution >= 0.6 is 0 Å². The van der Waals surface area contributed by atoms with Crippen LogP contribution in [0.15, 0.2) is 30.3 Å². The maximum absolute atomic E-state index is 13.8. The van der Waals surface area contributed by atoms with Crippen LogP contribution in [-0.4, -0.2) is 10.0 Å². The monoisotopic (exact) mass is 295 g/mol. The highest BCUT2D eigenvalue weighted by atomic mass is 19.1. The maximum Gasteiger partial charge on any atom is 0.275 e. The van der Waals surface area contributed by atoms with E-state index in [1.165, 1.54) is 19.1 Å². The van der Waals surface area contributed by atoms with Gasteiger partial charge in [0.15, 0.2) is 11.6 Å². The second-order valence-corrected chi connectivity index (χ2v) is 4.30. The number of rotatable bonds is 4. The van der Waals surface area contributed by atoms with Gasteiger partial charge in [-0.15, -0.1) is 0 Å². The number of nitrogens with zero attached hydrogens (tertiary/aromatic N) is 1. The van der Waals surface area contributed by atoms with Crippen LogP contribution in [0, 0.1) is 28.7 Å². The molecule has 0 radical (unpaired) electrons. The molecule has 0 saturated heterocycles. The van der Waals surface area contributed by atoms with Crippen LogP contribution in [0.2, 0.25) is 0 Å². The molecule has 2 aromatic rings. The van der Waals surface area contributed by atoms with E-state index < -0.39 is 23.2 Å². The minimum absolute atomic E-state index is 0.0512. The average molecular weight is 295 g/mol. The lowest BCUT2D eigenvalue weighted by atomic mass is 10.1. The molecular formula is C14H11F2NO4. The molecule has 0 bridgehead atoms. The minimum Gasteiger partial charge on any atom is -0.454 e. The van der Waals surface area contributed by atoms with E-state index in [0.717, 1.165) is 18.2 Å². The first kappa shape index (κ1) is 14.9. The molecule has 110 valence electrons. The van der Waals surface area contributed by atoms with Gasteiger partial charge in [-0.1, -0.05) is 6.07 Å². The fraction of sp³-hybridized carbons (Fsp3) is 0.143. The quantitative estimate of drug-likeness (QED) is 0.692. The Kier molecular flexibility index (Phi) is 4.13. The van der Waals surface area contributed by atoms with Crippen molar-refractivity contribution in [1.82, 2.24) is 0 Å². The van der Waals surface area contributed by atoms with E-state index in [1.807, 2.05) is 0 Å². The topological polar surface area (TPSA) is 72.6 Å². The van der Waals surface area contributed by atoms with Crippen molar-refractivity contribution in [2.24, 2.45) is 0 Å². The number of benzene rings is 2. The summed E-state index contributed by atoms with van der Waals surface area (Å²) in [5.74, 6) is -1.96. The van der Waals surface area contributed by atoms with Crippen LogP contribution in [0.5, 0.6) is 11.5 Å². The lowest BCUT2D eigenvalue weighted by molar-refractivity contribution is -0.385. The number of hydrogen-bond acceptors (Lipinski definition) is 4. The molecule has 0 saturated carbocycles. The molecule has 2 aromatic carbocycles. The Balaban J connectivity index is 2.43. The molecule has 2 rings (SSSR count). The summed E-state index contributed by atoms with van der Waals surface area (Å²) in [6.07, 6.45) is 0. The number of aliphatic hydroxyl groups is 1. The zero-order valence-corrected chi connectivity index (χ0v) is 11.0. The van der Waals surface area contributed by atoms with Crippen molar-refractivity contribution < 1.29 is 23.5 Å². The average Bonchev–Trinajstić information content (AvgIpc) is 2.42. The van der Waals surface area contributed by atoms with Gasteiger partial charge in [0.25, 0.3) is 5.69 Å². The molecule has 5 nitrogen and oxygen atoms in total. The first-order chi connectivity index (χ1) is 9.93. The zero-order chi connectivity index (χ0) is 15.6. The summed E-state index contributed by atoms with van der Waals surface area (Å²) in [4.78, 5) is 10.00. The number of aryl methyl sites for hydroxylation is 1. The Bertz CT molecular complexity index is 704. The third-order valence-corrected chi connectivity index (χ3v) is 2.90. The molecule has 0 atom stereocenters. The Morgan fingerprint density at radius 1 is 1.24 bits per heavy atom. The molecule has 0 spiro atoms. The second-order valence-electron chi connectivity index (χ2n) is 4.30. The van der Waals surface area contributed by atoms with Gasteiger partial charge in [-0.2, -0.15) is 0 Å². The van der Waals surface area contributed by atoms with Crippen LogP contribution in [0.3, 0.4) is 0 Å². The number of nitro benzene ring substituents is 1. The molecule has 0 amide bonds. The Hall–Kier alpha value is -2.54.